The van der Waals surface area contributed by atoms with Crippen molar-refractivity contribution in [2.75, 3.05) is 0 Å². The van der Waals surface area contributed by atoms with Crippen molar-refractivity contribution in [3.05, 3.63) is 49.0 Å². The summed E-state index contributed by atoms with van der Waals surface area (Å²) in [5.41, 5.74) is 0.00534. The van der Waals surface area contributed by atoms with Crippen LogP contribution in [-0.4, -0.2) is 10.0 Å². The van der Waals surface area contributed by atoms with E-state index in [9.17, 15) is 20.2 Å². The average molecular weight is 247 g/mol. The Labute approximate surface area is 94.8 Å². The van der Waals surface area contributed by atoms with Gasteiger partial charge in [-0.3, -0.25) is 10.1 Å². The van der Waals surface area contributed by atoms with E-state index in [2.05, 4.69) is 4.84 Å². The number of nitro benzene ring substituents is 1. The van der Waals surface area contributed by atoms with Crippen molar-refractivity contribution in [1.82, 2.24) is 0 Å². The molecular formula is C8H7ClN2O5. The van der Waals surface area contributed by atoms with Gasteiger partial charge in [0, 0.05) is 6.07 Å². The third kappa shape index (κ3) is 2.80. The van der Waals surface area contributed by atoms with E-state index in [1.165, 1.54) is 19.1 Å². The molecule has 16 heavy (non-hydrogen) atoms. The van der Waals surface area contributed by atoms with Gasteiger partial charge in [0.05, 0.1) is 4.92 Å². The summed E-state index contributed by atoms with van der Waals surface area (Å²) in [6, 6.07) is 3.88. The highest BCUT2D eigenvalue weighted by atomic mass is 35.5. The first kappa shape index (κ1) is 12.2. The molecule has 0 aliphatic carbocycles. The predicted octanol–water partition coefficient (Wildman–Crippen LogP) is 2.52. The molecule has 7 nitrogen and oxygen atoms in total. The molecule has 0 saturated heterocycles. The van der Waals surface area contributed by atoms with Crippen molar-refractivity contribution in [1.29, 1.82) is 0 Å². The summed E-state index contributed by atoms with van der Waals surface area (Å²) >= 11 is 5.59. The smallest absolute Gasteiger partial charge is 0.295 e. The topological polar surface area (TPSA) is 95.5 Å². The van der Waals surface area contributed by atoms with Gasteiger partial charge < -0.3 is 4.84 Å². The molecule has 1 unspecified atom stereocenters. The Morgan fingerprint density at radius 2 is 2.00 bits per heavy atom. The Bertz CT molecular complexity index is 436. The third-order valence-electron chi connectivity index (χ3n) is 1.88. The van der Waals surface area contributed by atoms with E-state index in [0.717, 1.165) is 6.07 Å². The lowest BCUT2D eigenvalue weighted by Crippen LogP contribution is -2.06. The summed E-state index contributed by atoms with van der Waals surface area (Å²) in [6.07, 6.45) is -0.883. The molecule has 0 aliphatic rings. The molecule has 8 heteroatoms. The van der Waals surface area contributed by atoms with E-state index in [-0.39, 0.29) is 10.7 Å². The first-order valence-electron chi connectivity index (χ1n) is 4.17. The fourth-order valence-corrected chi connectivity index (χ4v) is 1.30. The van der Waals surface area contributed by atoms with Gasteiger partial charge in [-0.1, -0.05) is 17.7 Å². The van der Waals surface area contributed by atoms with Crippen LogP contribution in [0.25, 0.3) is 0 Å². The molecule has 0 bridgehead atoms. The van der Waals surface area contributed by atoms with E-state index in [1.54, 1.807) is 0 Å². The van der Waals surface area contributed by atoms with E-state index >= 15 is 0 Å². The number of nitro groups is 1. The molecular weight excluding hydrogens is 240 g/mol. The molecule has 0 N–H and O–H groups in total. The zero-order chi connectivity index (χ0) is 12.3. The molecule has 0 aromatic heterocycles. The van der Waals surface area contributed by atoms with Gasteiger partial charge in [-0.15, -0.1) is 10.1 Å². The standard InChI is InChI=1S/C8H7ClN2O5/c1-5(16-11(14)15)6-2-3-7(9)8(4-6)10(12)13/h2-5H,1H3. The minimum Gasteiger partial charge on any atom is -0.306 e. The van der Waals surface area contributed by atoms with Crippen LogP contribution >= 0.6 is 11.6 Å². The van der Waals surface area contributed by atoms with Crippen LogP contribution in [0.5, 0.6) is 0 Å². The summed E-state index contributed by atoms with van der Waals surface area (Å²) < 4.78 is 0. The second-order valence-electron chi connectivity index (χ2n) is 2.94. The summed E-state index contributed by atoms with van der Waals surface area (Å²) in [7, 11) is 0. The highest BCUT2D eigenvalue weighted by Gasteiger charge is 2.17. The monoisotopic (exact) mass is 246 g/mol. The Kier molecular flexibility index (Phi) is 3.62. The summed E-state index contributed by atoms with van der Waals surface area (Å²) in [5.74, 6) is 0. The first-order valence-corrected chi connectivity index (χ1v) is 4.54. The van der Waals surface area contributed by atoms with Crippen LogP contribution in [0.1, 0.15) is 18.6 Å². The van der Waals surface area contributed by atoms with E-state index < -0.39 is 16.1 Å². The van der Waals surface area contributed by atoms with Crippen LogP contribution in [0.3, 0.4) is 0 Å². The molecule has 0 fully saturated rings. The second-order valence-corrected chi connectivity index (χ2v) is 3.35. The fraction of sp³-hybridized carbons (Fsp3) is 0.250. The second kappa shape index (κ2) is 4.75. The van der Waals surface area contributed by atoms with Crippen molar-refractivity contribution in [2.24, 2.45) is 0 Å². The zero-order valence-electron chi connectivity index (χ0n) is 8.12. The molecule has 0 radical (unpaired) electrons. The van der Waals surface area contributed by atoms with E-state index in [1.807, 2.05) is 0 Å². The van der Waals surface area contributed by atoms with E-state index in [0.29, 0.717) is 5.56 Å². The van der Waals surface area contributed by atoms with Crippen LogP contribution < -0.4 is 0 Å². The Morgan fingerprint density at radius 1 is 1.38 bits per heavy atom. The summed E-state index contributed by atoms with van der Waals surface area (Å²) in [4.78, 5) is 24.3. The highest BCUT2D eigenvalue weighted by molar-refractivity contribution is 6.32. The SMILES string of the molecule is CC(O[N+](=O)[O-])c1ccc(Cl)c([N+](=O)[O-])c1. The molecule has 0 amide bonds. The molecule has 86 valence electrons. The fourth-order valence-electron chi connectivity index (χ4n) is 1.11. The lowest BCUT2D eigenvalue weighted by Gasteiger charge is -2.09. The summed E-state index contributed by atoms with van der Waals surface area (Å²) in [5, 5.41) is 19.7. The maximum Gasteiger partial charge on any atom is 0.295 e. The van der Waals surface area contributed by atoms with Gasteiger partial charge >= 0.3 is 0 Å². The first-order chi connectivity index (χ1) is 7.41. The van der Waals surface area contributed by atoms with Crippen molar-refractivity contribution < 1.29 is 14.8 Å². The van der Waals surface area contributed by atoms with Crippen molar-refractivity contribution in [3.8, 4) is 0 Å². The van der Waals surface area contributed by atoms with Crippen molar-refractivity contribution in [3.63, 3.8) is 0 Å². The van der Waals surface area contributed by atoms with Gasteiger partial charge in [0.25, 0.3) is 10.8 Å². The van der Waals surface area contributed by atoms with Crippen LogP contribution in [0.2, 0.25) is 5.02 Å². The van der Waals surface area contributed by atoms with Gasteiger partial charge in [0.2, 0.25) is 0 Å². The minimum absolute atomic E-state index is 0.0259. The Hall–Kier alpha value is -1.89. The Balaban J connectivity index is 3.02. The third-order valence-corrected chi connectivity index (χ3v) is 2.20. The normalized spacial score (nSPS) is 11.9. The molecule has 1 aromatic rings. The number of benzene rings is 1. The highest BCUT2D eigenvalue weighted by Crippen LogP contribution is 2.28. The van der Waals surface area contributed by atoms with Crippen molar-refractivity contribution in [2.45, 2.75) is 13.0 Å². The summed E-state index contributed by atoms with van der Waals surface area (Å²) in [6.45, 7) is 1.41. The molecule has 0 heterocycles. The lowest BCUT2D eigenvalue weighted by atomic mass is 10.1. The molecule has 1 aromatic carbocycles. The predicted molar refractivity (Wildman–Crippen MR) is 54.6 cm³/mol. The quantitative estimate of drug-likeness (QED) is 0.601. The van der Waals surface area contributed by atoms with Gasteiger partial charge in [-0.05, 0) is 18.6 Å². The maximum atomic E-state index is 10.6. The van der Waals surface area contributed by atoms with Crippen LogP contribution in [0.15, 0.2) is 18.2 Å². The number of hydrogen-bond acceptors (Lipinski definition) is 5. The van der Waals surface area contributed by atoms with Crippen molar-refractivity contribution >= 4 is 17.3 Å². The molecule has 1 rings (SSSR count). The van der Waals surface area contributed by atoms with Crippen LogP contribution in [0, 0.1) is 20.2 Å². The average Bonchev–Trinajstić information content (AvgIpc) is 2.16. The van der Waals surface area contributed by atoms with Crippen LogP contribution in [0.4, 0.5) is 5.69 Å². The zero-order valence-corrected chi connectivity index (χ0v) is 8.88. The molecule has 0 saturated carbocycles. The number of hydrogen-bond donors (Lipinski definition) is 0. The lowest BCUT2D eigenvalue weighted by molar-refractivity contribution is -0.770. The van der Waals surface area contributed by atoms with E-state index in [4.69, 9.17) is 11.6 Å². The maximum absolute atomic E-state index is 10.6. The van der Waals surface area contributed by atoms with Gasteiger partial charge in [-0.25, -0.2) is 0 Å². The number of nitrogens with zero attached hydrogens (tertiary/aromatic N) is 2. The Morgan fingerprint density at radius 3 is 2.50 bits per heavy atom. The minimum atomic E-state index is -0.953. The molecule has 1 atom stereocenters. The largest absolute Gasteiger partial charge is 0.306 e. The number of rotatable bonds is 4. The van der Waals surface area contributed by atoms with Gasteiger partial charge in [-0.2, -0.15) is 0 Å². The molecule has 0 aliphatic heterocycles. The van der Waals surface area contributed by atoms with Gasteiger partial charge in [0.1, 0.15) is 11.1 Å². The van der Waals surface area contributed by atoms with Crippen LogP contribution in [-0.2, 0) is 4.84 Å². The van der Waals surface area contributed by atoms with Gasteiger partial charge in [0.15, 0.2) is 0 Å². The molecule has 0 spiro atoms. The number of halogens is 1.